The van der Waals surface area contributed by atoms with Crippen LogP contribution < -0.4 is 4.90 Å². The van der Waals surface area contributed by atoms with Crippen LogP contribution in [0.4, 0.5) is 5.82 Å². The summed E-state index contributed by atoms with van der Waals surface area (Å²) in [5, 5.41) is 3.29. The summed E-state index contributed by atoms with van der Waals surface area (Å²) in [5.74, 6) is 4.66. The van der Waals surface area contributed by atoms with E-state index in [4.69, 9.17) is 16.4 Å². The van der Waals surface area contributed by atoms with Gasteiger partial charge in [0.25, 0.3) is 0 Å². The van der Waals surface area contributed by atoms with Crippen LogP contribution in [-0.2, 0) is 0 Å². The van der Waals surface area contributed by atoms with Gasteiger partial charge in [-0.15, -0.1) is 29.1 Å². The van der Waals surface area contributed by atoms with Gasteiger partial charge < -0.3 is 4.90 Å². The van der Waals surface area contributed by atoms with E-state index in [0.29, 0.717) is 0 Å². The molecule has 1 aliphatic rings. The minimum atomic E-state index is 0.726. The van der Waals surface area contributed by atoms with Crippen molar-refractivity contribution in [3.05, 3.63) is 28.0 Å². The summed E-state index contributed by atoms with van der Waals surface area (Å²) in [6.07, 6.45) is 5.45. The largest absolute Gasteiger partial charge is 0.353 e. The quantitative estimate of drug-likeness (QED) is 0.659. The summed E-state index contributed by atoms with van der Waals surface area (Å²) < 4.78 is 0. The van der Waals surface area contributed by atoms with Gasteiger partial charge in [0.15, 0.2) is 5.82 Å². The molecular weight excluding hydrogens is 348 g/mol. The van der Waals surface area contributed by atoms with Crippen LogP contribution in [0.15, 0.2) is 17.5 Å². The van der Waals surface area contributed by atoms with Crippen molar-refractivity contribution in [1.29, 1.82) is 0 Å². The molecule has 0 aliphatic carbocycles. The Morgan fingerprint density at radius 1 is 1.20 bits per heavy atom. The van der Waals surface area contributed by atoms with Crippen LogP contribution in [0.2, 0.25) is 0 Å². The third-order valence-corrected chi connectivity index (χ3v) is 6.70. The Labute approximate surface area is 156 Å². The number of fused-ring (bicyclic) bond motifs is 1. The average Bonchev–Trinajstić information content (AvgIpc) is 3.24. The second-order valence-electron chi connectivity index (χ2n) is 6.28. The molecular formula is C19H20N4S2. The molecule has 4 nitrogen and oxygen atoms in total. The molecule has 1 saturated heterocycles. The highest BCUT2D eigenvalue weighted by Crippen LogP contribution is 2.37. The number of anilines is 1. The van der Waals surface area contributed by atoms with Gasteiger partial charge in [-0.2, -0.15) is 0 Å². The molecule has 0 atom stereocenters. The fourth-order valence-corrected chi connectivity index (χ4v) is 4.90. The van der Waals surface area contributed by atoms with Gasteiger partial charge in [0.05, 0.1) is 16.8 Å². The summed E-state index contributed by atoms with van der Waals surface area (Å²) in [7, 11) is 0. The zero-order chi connectivity index (χ0) is 17.4. The lowest BCUT2D eigenvalue weighted by atomic mass is 10.2. The van der Waals surface area contributed by atoms with E-state index in [2.05, 4.69) is 47.1 Å². The van der Waals surface area contributed by atoms with Crippen LogP contribution in [0.25, 0.3) is 20.9 Å². The number of rotatable bonds is 3. The van der Waals surface area contributed by atoms with Crippen LogP contribution in [-0.4, -0.2) is 47.6 Å². The molecule has 3 aromatic heterocycles. The highest BCUT2D eigenvalue weighted by molar-refractivity contribution is 7.19. The molecule has 1 aliphatic heterocycles. The van der Waals surface area contributed by atoms with Crippen molar-refractivity contribution in [3.8, 4) is 23.0 Å². The Balaban J connectivity index is 1.78. The van der Waals surface area contributed by atoms with E-state index in [1.165, 1.54) is 15.8 Å². The minimum Gasteiger partial charge on any atom is -0.353 e. The normalized spacial score (nSPS) is 15.6. The molecule has 3 aromatic rings. The number of thiophene rings is 2. The van der Waals surface area contributed by atoms with Crippen molar-refractivity contribution in [3.63, 3.8) is 0 Å². The Bertz CT molecular complexity index is 929. The zero-order valence-electron chi connectivity index (χ0n) is 14.5. The van der Waals surface area contributed by atoms with Gasteiger partial charge in [0.2, 0.25) is 0 Å². The lowest BCUT2D eigenvalue weighted by Crippen LogP contribution is -2.46. The van der Waals surface area contributed by atoms with E-state index in [9.17, 15) is 0 Å². The van der Waals surface area contributed by atoms with Crippen molar-refractivity contribution in [1.82, 2.24) is 14.9 Å². The summed E-state index contributed by atoms with van der Waals surface area (Å²) in [4.78, 5) is 18.1. The van der Waals surface area contributed by atoms with E-state index < -0.39 is 0 Å². The molecule has 25 heavy (non-hydrogen) atoms. The third-order valence-electron chi connectivity index (χ3n) is 4.74. The predicted octanol–water partition coefficient (Wildman–Crippen LogP) is 3.79. The predicted molar refractivity (Wildman–Crippen MR) is 108 cm³/mol. The summed E-state index contributed by atoms with van der Waals surface area (Å²) in [6, 6.07) is 4.14. The highest BCUT2D eigenvalue weighted by atomic mass is 32.1. The number of piperazine rings is 1. The van der Waals surface area contributed by atoms with E-state index in [-0.39, 0.29) is 0 Å². The first-order chi connectivity index (χ1) is 12.2. The molecule has 4 rings (SSSR count). The first kappa shape index (κ1) is 16.5. The van der Waals surface area contributed by atoms with Gasteiger partial charge in [-0.25, -0.2) is 9.97 Å². The lowest BCUT2D eigenvalue weighted by molar-refractivity contribution is 0.287. The molecule has 4 heterocycles. The van der Waals surface area contributed by atoms with Crippen molar-refractivity contribution < 1.29 is 0 Å². The minimum absolute atomic E-state index is 0.726. The van der Waals surface area contributed by atoms with Gasteiger partial charge in [-0.05, 0) is 30.9 Å². The highest BCUT2D eigenvalue weighted by Gasteiger charge is 2.23. The standard InChI is InChI=1S/C19H20N4S2/c1-4-7-22-8-10-23(11-9-22)18-16-13(2)14(3)25-19(16)21-17(20-18)15-6-5-12-24-15/h1,5-6,12H,7-11H2,2-3H3. The molecule has 0 N–H and O–H groups in total. The number of hydrogen-bond acceptors (Lipinski definition) is 6. The molecule has 0 aromatic carbocycles. The zero-order valence-corrected chi connectivity index (χ0v) is 16.1. The second kappa shape index (κ2) is 6.75. The first-order valence-corrected chi connectivity index (χ1v) is 10.1. The second-order valence-corrected chi connectivity index (χ2v) is 8.43. The fourth-order valence-electron chi connectivity index (χ4n) is 3.22. The topological polar surface area (TPSA) is 32.3 Å². The van der Waals surface area contributed by atoms with Crippen molar-refractivity contribution >= 4 is 38.7 Å². The molecule has 0 saturated carbocycles. The van der Waals surface area contributed by atoms with E-state index in [1.54, 1.807) is 22.7 Å². The molecule has 0 bridgehead atoms. The summed E-state index contributed by atoms with van der Waals surface area (Å²) in [6.45, 7) is 8.93. The van der Waals surface area contributed by atoms with Crippen LogP contribution in [0.5, 0.6) is 0 Å². The number of terminal acetylenes is 1. The maximum atomic E-state index is 5.45. The van der Waals surface area contributed by atoms with Gasteiger partial charge in [-0.1, -0.05) is 12.0 Å². The monoisotopic (exact) mass is 368 g/mol. The SMILES string of the molecule is C#CCN1CCN(c2nc(-c3cccs3)nc3sc(C)c(C)c23)CC1. The molecule has 128 valence electrons. The maximum absolute atomic E-state index is 5.45. The van der Waals surface area contributed by atoms with E-state index >= 15 is 0 Å². The number of aromatic nitrogens is 2. The number of hydrogen-bond donors (Lipinski definition) is 0. The lowest BCUT2D eigenvalue weighted by Gasteiger charge is -2.34. The van der Waals surface area contributed by atoms with Crippen molar-refractivity contribution in [2.24, 2.45) is 0 Å². The van der Waals surface area contributed by atoms with E-state index in [0.717, 1.165) is 54.1 Å². The number of nitrogens with zero attached hydrogens (tertiary/aromatic N) is 4. The van der Waals surface area contributed by atoms with Gasteiger partial charge >= 0.3 is 0 Å². The maximum Gasteiger partial charge on any atom is 0.173 e. The van der Waals surface area contributed by atoms with Gasteiger partial charge in [-0.3, -0.25) is 4.90 Å². The van der Waals surface area contributed by atoms with Crippen molar-refractivity contribution in [2.45, 2.75) is 13.8 Å². The molecule has 1 fully saturated rings. The van der Waals surface area contributed by atoms with Crippen LogP contribution in [0.1, 0.15) is 10.4 Å². The Morgan fingerprint density at radius 3 is 2.68 bits per heavy atom. The van der Waals surface area contributed by atoms with Crippen LogP contribution in [0.3, 0.4) is 0 Å². The molecule has 6 heteroatoms. The Hall–Kier alpha value is -1.94. The van der Waals surface area contributed by atoms with Gasteiger partial charge in [0.1, 0.15) is 10.6 Å². The third kappa shape index (κ3) is 3.04. The smallest absolute Gasteiger partial charge is 0.173 e. The van der Waals surface area contributed by atoms with E-state index in [1.807, 2.05) is 0 Å². The first-order valence-electron chi connectivity index (χ1n) is 8.39. The number of aryl methyl sites for hydroxylation is 2. The molecule has 0 radical (unpaired) electrons. The molecule has 0 amide bonds. The molecule has 0 spiro atoms. The fraction of sp³-hybridized carbons (Fsp3) is 0.368. The van der Waals surface area contributed by atoms with Crippen LogP contribution >= 0.6 is 22.7 Å². The van der Waals surface area contributed by atoms with Gasteiger partial charge in [0, 0.05) is 31.1 Å². The Kier molecular flexibility index (Phi) is 4.46. The Morgan fingerprint density at radius 2 is 2.00 bits per heavy atom. The average molecular weight is 369 g/mol. The summed E-state index contributed by atoms with van der Waals surface area (Å²) in [5.41, 5.74) is 1.30. The van der Waals surface area contributed by atoms with Crippen molar-refractivity contribution in [2.75, 3.05) is 37.6 Å². The van der Waals surface area contributed by atoms with Crippen LogP contribution in [0, 0.1) is 26.2 Å². The molecule has 0 unspecified atom stereocenters. The summed E-state index contributed by atoms with van der Waals surface area (Å²) >= 11 is 3.46.